The molecule has 1 aromatic heterocycles. The Morgan fingerprint density at radius 2 is 1.87 bits per heavy atom. The maximum Gasteiger partial charge on any atom is 0.340 e. The predicted molar refractivity (Wildman–Crippen MR) is 113 cm³/mol. The van der Waals surface area contributed by atoms with Crippen LogP contribution in [0.5, 0.6) is 0 Å². The lowest BCUT2D eigenvalue weighted by Crippen LogP contribution is -2.19. The number of rotatable bonds is 9. The average molecular weight is 417 g/mol. The topological polar surface area (TPSA) is 104 Å². The van der Waals surface area contributed by atoms with Gasteiger partial charge in [0.15, 0.2) is 6.61 Å². The first-order valence-electron chi connectivity index (χ1n) is 9.41. The van der Waals surface area contributed by atoms with E-state index in [1.807, 2.05) is 25.3 Å². The summed E-state index contributed by atoms with van der Waals surface area (Å²) >= 11 is 0. The van der Waals surface area contributed by atoms with Crippen LogP contribution < -0.4 is 4.90 Å². The molecule has 0 aliphatic carbocycles. The number of carbonyl (C=O) groups is 2. The molecule has 30 heavy (non-hydrogen) atoms. The highest BCUT2D eigenvalue weighted by Gasteiger charge is 2.23. The summed E-state index contributed by atoms with van der Waals surface area (Å²) in [5.41, 5.74) is 2.40. The molecule has 0 N–H and O–H groups in total. The molecule has 0 radical (unpaired) electrons. The number of benzene rings is 1. The Morgan fingerprint density at radius 3 is 2.43 bits per heavy atom. The van der Waals surface area contributed by atoms with E-state index in [-0.39, 0.29) is 23.1 Å². The molecule has 0 saturated carbocycles. The number of non-ortho nitro benzene ring substituents is 1. The van der Waals surface area contributed by atoms with Crippen LogP contribution in [0.25, 0.3) is 0 Å². The Kier molecular flexibility index (Phi) is 7.33. The summed E-state index contributed by atoms with van der Waals surface area (Å²) in [5.74, 6) is -1.14. The second-order valence-corrected chi connectivity index (χ2v) is 7.31. The van der Waals surface area contributed by atoms with E-state index in [0.717, 1.165) is 17.5 Å². The summed E-state index contributed by atoms with van der Waals surface area (Å²) in [5, 5.41) is 11.1. The molecule has 0 aliphatic heterocycles. The zero-order valence-corrected chi connectivity index (χ0v) is 18.1. The van der Waals surface area contributed by atoms with Gasteiger partial charge in [-0.3, -0.25) is 14.9 Å². The Morgan fingerprint density at radius 1 is 1.20 bits per heavy atom. The zero-order chi connectivity index (χ0) is 22.6. The van der Waals surface area contributed by atoms with Crippen molar-refractivity contribution in [3.05, 3.63) is 56.9 Å². The number of methoxy groups -OCH3 is 1. The molecule has 162 valence electrons. The van der Waals surface area contributed by atoms with E-state index in [1.165, 1.54) is 12.1 Å². The van der Waals surface area contributed by atoms with Crippen LogP contribution in [0.2, 0.25) is 0 Å². The van der Waals surface area contributed by atoms with Gasteiger partial charge < -0.3 is 18.9 Å². The van der Waals surface area contributed by atoms with E-state index in [1.54, 1.807) is 32.2 Å². The lowest BCUT2D eigenvalue weighted by molar-refractivity contribution is -0.384. The van der Waals surface area contributed by atoms with E-state index >= 15 is 0 Å². The van der Waals surface area contributed by atoms with Crippen LogP contribution in [0.3, 0.4) is 0 Å². The summed E-state index contributed by atoms with van der Waals surface area (Å²) in [4.78, 5) is 37.4. The van der Waals surface area contributed by atoms with E-state index in [2.05, 4.69) is 0 Å². The summed E-state index contributed by atoms with van der Waals surface area (Å²) < 4.78 is 12.4. The minimum Gasteiger partial charge on any atom is -0.454 e. The van der Waals surface area contributed by atoms with Gasteiger partial charge in [-0.05, 0) is 32.9 Å². The maximum atomic E-state index is 12.7. The fourth-order valence-corrected chi connectivity index (χ4v) is 3.53. The first-order chi connectivity index (χ1) is 14.1. The number of nitro benzene ring substituents is 1. The van der Waals surface area contributed by atoms with Gasteiger partial charge in [0.1, 0.15) is 0 Å². The Bertz CT molecular complexity index is 964. The fourth-order valence-electron chi connectivity index (χ4n) is 3.53. The second-order valence-electron chi connectivity index (χ2n) is 7.31. The third kappa shape index (κ3) is 4.85. The van der Waals surface area contributed by atoms with Crippen molar-refractivity contribution < 1.29 is 24.0 Å². The normalized spacial score (nSPS) is 11.8. The number of nitrogens with zero attached hydrogens (tertiary/aromatic N) is 3. The Balaban J connectivity index is 2.21. The van der Waals surface area contributed by atoms with Crippen LogP contribution in [0.1, 0.15) is 45.1 Å². The number of esters is 1. The number of nitro groups is 1. The molecular weight excluding hydrogens is 390 g/mol. The van der Waals surface area contributed by atoms with Crippen LogP contribution >= 0.6 is 0 Å². The highest BCUT2D eigenvalue weighted by atomic mass is 16.6. The van der Waals surface area contributed by atoms with E-state index in [4.69, 9.17) is 9.47 Å². The summed E-state index contributed by atoms with van der Waals surface area (Å²) in [7, 11) is 5.03. The van der Waals surface area contributed by atoms with Crippen LogP contribution in [-0.2, 0) is 9.47 Å². The van der Waals surface area contributed by atoms with Gasteiger partial charge in [0.25, 0.3) is 5.69 Å². The molecule has 0 amide bonds. The van der Waals surface area contributed by atoms with E-state index in [0.29, 0.717) is 17.9 Å². The Hall–Kier alpha value is -3.20. The maximum absolute atomic E-state index is 12.7. The molecule has 9 heteroatoms. The van der Waals surface area contributed by atoms with Crippen molar-refractivity contribution in [3.8, 4) is 0 Å². The van der Waals surface area contributed by atoms with Crippen molar-refractivity contribution in [2.45, 2.75) is 26.8 Å². The molecule has 0 spiro atoms. The number of Topliss-reactive ketones (excluding diaryl/α,β-unsaturated/α-hetero) is 1. The van der Waals surface area contributed by atoms with Gasteiger partial charge in [-0.25, -0.2) is 4.79 Å². The molecule has 0 aliphatic rings. The van der Waals surface area contributed by atoms with Crippen LogP contribution in [-0.4, -0.2) is 55.7 Å². The summed E-state index contributed by atoms with van der Waals surface area (Å²) in [6.07, 6.45) is 0. The van der Waals surface area contributed by atoms with Crippen molar-refractivity contribution in [1.29, 1.82) is 0 Å². The van der Waals surface area contributed by atoms with Crippen molar-refractivity contribution >= 4 is 23.1 Å². The van der Waals surface area contributed by atoms with Gasteiger partial charge in [0.2, 0.25) is 5.78 Å². The molecule has 0 bridgehead atoms. The van der Waals surface area contributed by atoms with Crippen LogP contribution in [0.4, 0.5) is 11.4 Å². The highest BCUT2D eigenvalue weighted by Crippen LogP contribution is 2.25. The highest BCUT2D eigenvalue weighted by molar-refractivity contribution is 6.02. The van der Waals surface area contributed by atoms with Gasteiger partial charge >= 0.3 is 5.97 Å². The van der Waals surface area contributed by atoms with Gasteiger partial charge in [0, 0.05) is 50.3 Å². The lowest BCUT2D eigenvalue weighted by Gasteiger charge is -2.18. The lowest BCUT2D eigenvalue weighted by atomic mass is 10.1. The van der Waals surface area contributed by atoms with E-state index in [9.17, 15) is 19.7 Å². The minimum atomic E-state index is -0.794. The standard InChI is InChI=1S/C21H27N3O6/c1-13-9-17(15(3)23(13)14(2)11-29-6)20(25)12-30-21(26)18-10-16(24(27)28)7-8-19(18)22(4)5/h7-10,14H,11-12H2,1-6H3/t14-/m1/s1. The SMILES string of the molecule is COC[C@@H](C)n1c(C)cc(C(=O)COC(=O)c2cc([N+](=O)[O-])ccc2N(C)C)c1C. The second kappa shape index (κ2) is 9.53. The molecule has 0 unspecified atom stereocenters. The average Bonchev–Trinajstić information content (AvgIpc) is 2.99. The summed E-state index contributed by atoms with van der Waals surface area (Å²) in [6, 6.07) is 5.75. The van der Waals surface area contributed by atoms with Gasteiger partial charge in [-0.1, -0.05) is 0 Å². The minimum absolute atomic E-state index is 0.0289. The van der Waals surface area contributed by atoms with Gasteiger partial charge in [-0.2, -0.15) is 0 Å². The van der Waals surface area contributed by atoms with Gasteiger partial charge in [0.05, 0.1) is 28.8 Å². The Labute approximate surface area is 175 Å². The monoisotopic (exact) mass is 417 g/mol. The number of hydrogen-bond donors (Lipinski definition) is 0. The van der Waals surface area contributed by atoms with E-state index < -0.39 is 17.5 Å². The molecule has 1 heterocycles. The first kappa shape index (κ1) is 23.1. The number of aromatic nitrogens is 1. The molecule has 1 atom stereocenters. The quantitative estimate of drug-likeness (QED) is 0.267. The van der Waals surface area contributed by atoms with Crippen LogP contribution in [0.15, 0.2) is 24.3 Å². The third-order valence-electron chi connectivity index (χ3n) is 4.86. The largest absolute Gasteiger partial charge is 0.454 e. The number of ketones is 1. The van der Waals surface area contributed by atoms with Crippen LogP contribution in [0, 0.1) is 24.0 Å². The number of carbonyl (C=O) groups excluding carboxylic acids is 2. The van der Waals surface area contributed by atoms with Gasteiger partial charge in [-0.15, -0.1) is 0 Å². The van der Waals surface area contributed by atoms with Crippen molar-refractivity contribution in [1.82, 2.24) is 4.57 Å². The molecule has 0 saturated heterocycles. The zero-order valence-electron chi connectivity index (χ0n) is 18.1. The number of anilines is 1. The van der Waals surface area contributed by atoms with Crippen molar-refractivity contribution in [2.75, 3.05) is 39.3 Å². The first-order valence-corrected chi connectivity index (χ1v) is 9.41. The molecule has 2 rings (SSSR count). The number of aryl methyl sites for hydroxylation is 1. The predicted octanol–water partition coefficient (Wildman–Crippen LogP) is 3.33. The number of hydrogen-bond acceptors (Lipinski definition) is 7. The van der Waals surface area contributed by atoms with Crippen molar-refractivity contribution in [3.63, 3.8) is 0 Å². The molecule has 0 fully saturated rings. The molecule has 1 aromatic carbocycles. The third-order valence-corrected chi connectivity index (χ3v) is 4.86. The smallest absolute Gasteiger partial charge is 0.340 e. The summed E-state index contributed by atoms with van der Waals surface area (Å²) in [6.45, 7) is 5.76. The molecule has 2 aromatic rings. The number of ether oxygens (including phenoxy) is 2. The molecular formula is C21H27N3O6. The molecule has 9 nitrogen and oxygen atoms in total. The fraction of sp³-hybridized carbons (Fsp3) is 0.429. The van der Waals surface area contributed by atoms with Crippen molar-refractivity contribution in [2.24, 2.45) is 0 Å².